The van der Waals surface area contributed by atoms with Gasteiger partial charge in [-0.15, -0.1) is 0 Å². The second-order valence-electron chi connectivity index (χ2n) is 5.91. The normalized spacial score (nSPS) is 10.1. The van der Waals surface area contributed by atoms with Crippen LogP contribution >= 0.6 is 0 Å². The second kappa shape index (κ2) is 9.89. The van der Waals surface area contributed by atoms with Gasteiger partial charge >= 0.3 is 6.16 Å². The Morgan fingerprint density at radius 3 is 1.86 bits per heavy atom. The molecule has 3 aromatic rings. The zero-order chi connectivity index (χ0) is 20.5. The molecule has 0 radical (unpaired) electrons. The molecule has 0 fully saturated rings. The van der Waals surface area contributed by atoms with Crippen molar-refractivity contribution in [2.45, 2.75) is 13.2 Å². The fourth-order valence-electron chi connectivity index (χ4n) is 2.58. The minimum absolute atomic E-state index is 0.0484. The first kappa shape index (κ1) is 19.9. The summed E-state index contributed by atoms with van der Waals surface area (Å²) in [5.74, 6) is 0.904. The van der Waals surface area contributed by atoms with Crippen LogP contribution in [-0.4, -0.2) is 18.4 Å². The Morgan fingerprint density at radius 2 is 1.31 bits per heavy atom. The molecule has 0 aromatic heterocycles. The molecule has 0 aliphatic carbocycles. The van der Waals surface area contributed by atoms with E-state index in [4.69, 9.17) is 24.2 Å². The van der Waals surface area contributed by atoms with Gasteiger partial charge in [-0.05, 0) is 23.3 Å². The van der Waals surface area contributed by atoms with Crippen LogP contribution in [-0.2, 0) is 18.1 Å². The van der Waals surface area contributed by atoms with E-state index in [1.54, 1.807) is 6.07 Å². The lowest BCUT2D eigenvalue weighted by atomic mass is 10.2. The van der Waals surface area contributed by atoms with E-state index in [-0.39, 0.29) is 23.9 Å². The summed E-state index contributed by atoms with van der Waals surface area (Å²) < 4.78 is 17.2. The number of carboxylic acid groups (broad SMARTS) is 1. The Balaban J connectivity index is 1.85. The molecule has 0 spiro atoms. The highest BCUT2D eigenvalue weighted by Crippen LogP contribution is 2.45. The molecule has 0 aliphatic rings. The van der Waals surface area contributed by atoms with Crippen molar-refractivity contribution in [3.63, 3.8) is 0 Å². The largest absolute Gasteiger partial charge is 0.547 e. The van der Waals surface area contributed by atoms with E-state index in [0.29, 0.717) is 12.4 Å². The molecule has 0 heterocycles. The van der Waals surface area contributed by atoms with Crippen molar-refractivity contribution in [2.75, 3.05) is 7.11 Å². The van der Waals surface area contributed by atoms with Gasteiger partial charge in [-0.2, -0.15) is 0 Å². The van der Waals surface area contributed by atoms with Crippen LogP contribution in [0.3, 0.4) is 0 Å². The van der Waals surface area contributed by atoms with E-state index >= 15 is 0 Å². The van der Waals surface area contributed by atoms with Gasteiger partial charge in [0.25, 0.3) is 0 Å². The Labute approximate surface area is 167 Å². The van der Waals surface area contributed by atoms with Crippen molar-refractivity contribution in [1.82, 2.24) is 0 Å². The fourth-order valence-corrected chi connectivity index (χ4v) is 2.58. The molecule has 0 amide bonds. The molecule has 1 N–H and O–H groups in total. The number of hydrogen-bond donors (Lipinski definition) is 1. The summed E-state index contributed by atoms with van der Waals surface area (Å²) in [5, 5.41) is 8.72. The Morgan fingerprint density at radius 1 is 0.759 bits per heavy atom. The number of ether oxygens (including phenoxy) is 3. The molecule has 3 aromatic carbocycles. The van der Waals surface area contributed by atoms with E-state index in [1.165, 1.54) is 13.2 Å². The fraction of sp³-hybridized carbons (Fsp3) is 0.136. The maximum absolute atomic E-state index is 10.7. The number of hydrogen-bond acceptors (Lipinski definition) is 6. The molecule has 29 heavy (non-hydrogen) atoms. The third kappa shape index (κ3) is 5.55. The zero-order valence-corrected chi connectivity index (χ0v) is 15.7. The van der Waals surface area contributed by atoms with Crippen LogP contribution in [0, 0.1) is 0 Å². The first-order valence-corrected chi connectivity index (χ1v) is 8.79. The zero-order valence-electron chi connectivity index (χ0n) is 15.7. The van der Waals surface area contributed by atoms with Crippen molar-refractivity contribution in [1.29, 1.82) is 0 Å². The van der Waals surface area contributed by atoms with Gasteiger partial charge in [0, 0.05) is 0 Å². The van der Waals surface area contributed by atoms with Crippen LogP contribution in [0.1, 0.15) is 11.1 Å². The molecule has 0 bridgehead atoms. The third-order valence-corrected chi connectivity index (χ3v) is 3.91. The van der Waals surface area contributed by atoms with E-state index < -0.39 is 6.16 Å². The molecule has 0 atom stereocenters. The van der Waals surface area contributed by atoms with Gasteiger partial charge in [-0.1, -0.05) is 60.7 Å². The van der Waals surface area contributed by atoms with Crippen molar-refractivity contribution < 1.29 is 33.9 Å². The van der Waals surface area contributed by atoms with Gasteiger partial charge in [0.05, 0.1) is 7.11 Å². The maximum atomic E-state index is 10.7. The van der Waals surface area contributed by atoms with Crippen molar-refractivity contribution in [2.24, 2.45) is 0 Å². The molecule has 0 unspecified atom stereocenters. The van der Waals surface area contributed by atoms with Crippen LogP contribution in [0.15, 0.2) is 72.8 Å². The lowest BCUT2D eigenvalue weighted by Crippen LogP contribution is -2.07. The molecule has 0 aliphatic heterocycles. The molecular formula is C22H20O7. The third-order valence-electron chi connectivity index (χ3n) is 3.91. The average Bonchev–Trinajstić information content (AvgIpc) is 2.76. The summed E-state index contributed by atoms with van der Waals surface area (Å²) in [4.78, 5) is 19.8. The highest BCUT2D eigenvalue weighted by atomic mass is 17.2. The van der Waals surface area contributed by atoms with Crippen molar-refractivity contribution >= 4 is 6.16 Å². The van der Waals surface area contributed by atoms with Crippen LogP contribution in [0.4, 0.5) is 4.79 Å². The van der Waals surface area contributed by atoms with Gasteiger partial charge in [0.2, 0.25) is 17.2 Å². The summed E-state index contributed by atoms with van der Waals surface area (Å²) in [7, 11) is 1.46. The summed E-state index contributed by atoms with van der Waals surface area (Å²) in [5.41, 5.74) is 1.89. The van der Waals surface area contributed by atoms with Gasteiger partial charge < -0.3 is 19.3 Å². The van der Waals surface area contributed by atoms with Crippen LogP contribution in [0.5, 0.6) is 23.0 Å². The molecule has 150 valence electrons. The maximum Gasteiger partial charge on any atom is 0.547 e. The topological polar surface area (TPSA) is 83.5 Å². The molecule has 0 saturated carbocycles. The molecular weight excluding hydrogens is 376 g/mol. The number of rotatable bonds is 9. The Hall–Kier alpha value is -3.87. The summed E-state index contributed by atoms with van der Waals surface area (Å²) in [6.07, 6.45) is -1.58. The first-order valence-electron chi connectivity index (χ1n) is 8.79. The number of methoxy groups -OCH3 is 1. The van der Waals surface area contributed by atoms with Gasteiger partial charge in [0.1, 0.15) is 13.2 Å². The average molecular weight is 396 g/mol. The summed E-state index contributed by atoms with van der Waals surface area (Å²) >= 11 is 0. The Kier molecular flexibility index (Phi) is 6.78. The molecule has 7 heteroatoms. The first-order chi connectivity index (χ1) is 14.2. The highest BCUT2D eigenvalue weighted by molar-refractivity contribution is 5.60. The van der Waals surface area contributed by atoms with Crippen LogP contribution in [0.2, 0.25) is 0 Å². The minimum Gasteiger partial charge on any atom is -0.490 e. The summed E-state index contributed by atoms with van der Waals surface area (Å²) in [6, 6.07) is 22.2. The molecule has 3 rings (SSSR count). The standard InChI is InChI=1S/C22H20O7/c1-25-20-18(26-14-16-8-4-2-5-9-16)12-13-19(28-29-22(23)24)21(20)27-15-17-10-6-3-7-11-17/h2-13H,14-15H2,1H3,(H,23,24). The van der Waals surface area contributed by atoms with Crippen molar-refractivity contribution in [3.05, 3.63) is 83.9 Å². The van der Waals surface area contributed by atoms with Crippen LogP contribution < -0.4 is 19.1 Å². The van der Waals surface area contributed by atoms with E-state index in [2.05, 4.69) is 4.89 Å². The minimum atomic E-state index is -1.58. The molecule has 0 saturated heterocycles. The smallest absolute Gasteiger partial charge is 0.490 e. The monoisotopic (exact) mass is 396 g/mol. The lowest BCUT2D eigenvalue weighted by molar-refractivity contribution is -0.162. The van der Waals surface area contributed by atoms with E-state index in [1.807, 2.05) is 60.7 Å². The van der Waals surface area contributed by atoms with Gasteiger partial charge in [-0.3, -0.25) is 4.89 Å². The number of benzene rings is 3. The molecule has 7 nitrogen and oxygen atoms in total. The SMILES string of the molecule is COc1c(OCc2ccccc2)ccc(OOC(=O)O)c1OCc1ccccc1. The van der Waals surface area contributed by atoms with E-state index in [9.17, 15) is 4.79 Å². The lowest BCUT2D eigenvalue weighted by Gasteiger charge is -2.17. The van der Waals surface area contributed by atoms with Crippen molar-refractivity contribution in [3.8, 4) is 23.0 Å². The predicted octanol–water partition coefficient (Wildman–Crippen LogP) is 4.84. The predicted molar refractivity (Wildman–Crippen MR) is 104 cm³/mol. The van der Waals surface area contributed by atoms with Gasteiger partial charge in [-0.25, -0.2) is 9.68 Å². The Bertz CT molecular complexity index is 927. The van der Waals surface area contributed by atoms with Crippen LogP contribution in [0.25, 0.3) is 0 Å². The quantitative estimate of drug-likeness (QED) is 0.409. The second-order valence-corrected chi connectivity index (χ2v) is 5.91. The van der Waals surface area contributed by atoms with E-state index in [0.717, 1.165) is 11.1 Å². The highest BCUT2D eigenvalue weighted by Gasteiger charge is 2.21. The number of carbonyl (C=O) groups is 1. The van der Waals surface area contributed by atoms with Gasteiger partial charge in [0.15, 0.2) is 5.75 Å². The summed E-state index contributed by atoms with van der Waals surface area (Å²) in [6.45, 7) is 0.532.